The number of carbonyl (C=O) groups is 1. The molecule has 0 amide bonds. The molecule has 0 N–H and O–H groups in total. The Bertz CT molecular complexity index is 1670. The molecule has 0 spiro atoms. The van der Waals surface area contributed by atoms with Crippen LogP contribution in [0.3, 0.4) is 0 Å². The highest BCUT2D eigenvalue weighted by Gasteiger charge is 2.38. The summed E-state index contributed by atoms with van der Waals surface area (Å²) in [6, 6.07) is 18.8. The Morgan fingerprint density at radius 1 is 0.851 bits per heavy atom. The highest BCUT2D eigenvalue weighted by molar-refractivity contribution is 8.03. The maximum atomic E-state index is 13.8. The van der Waals surface area contributed by atoms with Gasteiger partial charge in [0.25, 0.3) is 0 Å². The molecule has 0 bridgehead atoms. The highest BCUT2D eigenvalue weighted by Crippen LogP contribution is 2.49. The van der Waals surface area contributed by atoms with Crippen molar-refractivity contribution < 1.29 is 18.3 Å². The monoisotopic (exact) mass is 657 g/mol. The molecule has 0 aromatic heterocycles. The van der Waals surface area contributed by atoms with Crippen molar-refractivity contribution in [3.05, 3.63) is 134 Å². The fraction of sp³-hybridized carbons (Fsp3) is 0.368. The molecule has 0 saturated carbocycles. The third kappa shape index (κ3) is 7.22. The predicted octanol–water partition coefficient (Wildman–Crippen LogP) is 7.04. The zero-order chi connectivity index (χ0) is 33.1. The van der Waals surface area contributed by atoms with Crippen LogP contribution in [-0.2, 0) is 4.79 Å². The average molecular weight is 658 g/mol. The van der Waals surface area contributed by atoms with Gasteiger partial charge in [-0.15, -0.1) is 0 Å². The van der Waals surface area contributed by atoms with Gasteiger partial charge in [0.15, 0.2) is 11.5 Å². The fourth-order valence-corrected chi connectivity index (χ4v) is 8.14. The van der Waals surface area contributed by atoms with Crippen LogP contribution in [0.25, 0.3) is 0 Å². The molecule has 47 heavy (non-hydrogen) atoms. The number of ether oxygens (including phenoxy) is 1. The smallest absolute Gasteiger partial charge is 0.226 e. The Balaban J connectivity index is 1.16. The first-order chi connectivity index (χ1) is 22.7. The van der Waals surface area contributed by atoms with E-state index in [0.717, 1.165) is 60.7 Å². The van der Waals surface area contributed by atoms with Gasteiger partial charge < -0.3 is 14.5 Å². The Morgan fingerprint density at radius 3 is 2.06 bits per heavy atom. The lowest BCUT2D eigenvalue weighted by Crippen LogP contribution is -2.48. The molecule has 0 radical (unpaired) electrons. The SMILES string of the molecule is COc1cc(C(C)C)ccc(C2SC3=C(C(=O)CC=C3)N2CCCN2CCN(C(c3ccc(F)cc3)c3ccc(F)cc3)CC2)c1=O. The van der Waals surface area contributed by atoms with E-state index in [1.165, 1.54) is 31.4 Å². The van der Waals surface area contributed by atoms with Crippen LogP contribution in [-0.4, -0.2) is 66.9 Å². The Hall–Kier alpha value is -3.79. The number of thioether (sulfide) groups is 1. The summed E-state index contributed by atoms with van der Waals surface area (Å²) in [5, 5.41) is -0.315. The van der Waals surface area contributed by atoms with Crippen molar-refractivity contribution in [1.29, 1.82) is 0 Å². The second kappa shape index (κ2) is 14.5. The first-order valence-corrected chi connectivity index (χ1v) is 17.2. The number of hydrogen-bond donors (Lipinski definition) is 0. The van der Waals surface area contributed by atoms with Crippen LogP contribution in [0.5, 0.6) is 5.75 Å². The van der Waals surface area contributed by atoms with E-state index in [9.17, 15) is 18.4 Å². The van der Waals surface area contributed by atoms with Crippen molar-refractivity contribution in [2.24, 2.45) is 0 Å². The second-order valence-corrected chi connectivity index (χ2v) is 13.8. The standard InChI is InChI=1S/C38H41F2N3O3S/c1-25(2)28-12-17-31(37(45)33(24-28)46-3)38-43(36-32(44)6-4-7-34(36)47-38)19-5-18-41-20-22-42(23-21-41)35(26-8-13-29(39)14-9-26)27-10-15-30(40)16-11-27/h4,7-17,24-25,35,38H,5-6,18-23H2,1-3H3. The lowest BCUT2D eigenvalue weighted by atomic mass is 9.96. The third-order valence-corrected chi connectivity index (χ3v) is 10.6. The van der Waals surface area contributed by atoms with Crippen LogP contribution < -0.4 is 10.2 Å². The van der Waals surface area contributed by atoms with Crippen LogP contribution in [0.1, 0.15) is 66.3 Å². The van der Waals surface area contributed by atoms with Crippen LogP contribution >= 0.6 is 11.8 Å². The van der Waals surface area contributed by atoms with Crippen LogP contribution in [0.15, 0.2) is 94.3 Å². The molecule has 1 unspecified atom stereocenters. The fourth-order valence-electron chi connectivity index (χ4n) is 6.73. The van der Waals surface area contributed by atoms with Gasteiger partial charge in [-0.25, -0.2) is 8.78 Å². The lowest BCUT2D eigenvalue weighted by molar-refractivity contribution is -0.116. The topological polar surface area (TPSA) is 53.1 Å². The van der Waals surface area contributed by atoms with Crippen molar-refractivity contribution in [3.63, 3.8) is 0 Å². The summed E-state index contributed by atoms with van der Waals surface area (Å²) >= 11 is 1.56. The summed E-state index contributed by atoms with van der Waals surface area (Å²) in [7, 11) is 1.53. The number of Topliss-reactive ketones (excluding diaryl/α,β-unsaturated/α-hetero) is 1. The van der Waals surface area contributed by atoms with Crippen molar-refractivity contribution in [2.45, 2.75) is 44.0 Å². The summed E-state index contributed by atoms with van der Waals surface area (Å²) in [5.74, 6) is 0.0700. The predicted molar refractivity (Wildman–Crippen MR) is 183 cm³/mol. The molecule has 1 fully saturated rings. The first kappa shape index (κ1) is 33.1. The number of nitrogens with zero attached hydrogens (tertiary/aromatic N) is 3. The van der Waals surface area contributed by atoms with Crippen molar-refractivity contribution in [3.8, 4) is 5.75 Å². The van der Waals surface area contributed by atoms with E-state index in [2.05, 4.69) is 28.5 Å². The van der Waals surface area contributed by atoms with Crippen molar-refractivity contribution in [1.82, 2.24) is 14.7 Å². The molecule has 6 nitrogen and oxygen atoms in total. The van der Waals surface area contributed by atoms with Crippen LogP contribution in [0.4, 0.5) is 8.78 Å². The Kier molecular flexibility index (Phi) is 10.2. The lowest BCUT2D eigenvalue weighted by Gasteiger charge is -2.40. The summed E-state index contributed by atoms with van der Waals surface area (Å²) < 4.78 is 33.1. The number of hydrogen-bond acceptors (Lipinski definition) is 7. The van der Waals surface area contributed by atoms with Crippen molar-refractivity contribution >= 4 is 17.5 Å². The normalized spacial score (nSPS) is 18.8. The second-order valence-electron chi connectivity index (χ2n) is 12.6. The van der Waals surface area contributed by atoms with Gasteiger partial charge in [-0.1, -0.05) is 68.1 Å². The van der Waals surface area contributed by atoms with E-state index < -0.39 is 0 Å². The maximum absolute atomic E-state index is 13.8. The first-order valence-electron chi connectivity index (χ1n) is 16.3. The number of benzene rings is 2. The number of allylic oxidation sites excluding steroid dienone is 3. The summed E-state index contributed by atoms with van der Waals surface area (Å²) in [6.45, 7) is 8.97. The summed E-state index contributed by atoms with van der Waals surface area (Å²) in [6.07, 6.45) is 5.10. The van der Waals surface area contributed by atoms with Gasteiger partial charge >= 0.3 is 0 Å². The van der Waals surface area contributed by atoms with Crippen LogP contribution in [0, 0.1) is 11.6 Å². The largest absolute Gasteiger partial charge is 0.493 e. The molecule has 3 aromatic carbocycles. The molecule has 3 aliphatic rings. The molecule has 246 valence electrons. The molecule has 2 aliphatic heterocycles. The Labute approximate surface area is 279 Å². The molecule has 1 atom stereocenters. The van der Waals surface area contributed by atoms with E-state index >= 15 is 0 Å². The minimum absolute atomic E-state index is 0.0846. The number of piperazine rings is 1. The third-order valence-electron chi connectivity index (χ3n) is 9.29. The molecule has 1 saturated heterocycles. The van der Waals surface area contributed by atoms with Crippen molar-refractivity contribution in [2.75, 3.05) is 46.4 Å². The molecule has 9 heteroatoms. The van der Waals surface area contributed by atoms with E-state index in [-0.39, 0.29) is 40.2 Å². The van der Waals surface area contributed by atoms with Gasteiger partial charge in [-0.05, 0) is 72.0 Å². The maximum Gasteiger partial charge on any atom is 0.226 e. The van der Waals surface area contributed by atoms with E-state index in [1.54, 1.807) is 11.8 Å². The van der Waals surface area contributed by atoms with Crippen LogP contribution in [0.2, 0.25) is 0 Å². The molecule has 1 aliphatic carbocycles. The number of rotatable bonds is 10. The molecule has 2 heterocycles. The summed E-state index contributed by atoms with van der Waals surface area (Å²) in [5.41, 5.74) is 4.16. The van der Waals surface area contributed by atoms with Gasteiger partial charge in [0.05, 0.1) is 18.8 Å². The Morgan fingerprint density at radius 2 is 1.47 bits per heavy atom. The average Bonchev–Trinajstić information content (AvgIpc) is 3.34. The van der Waals surface area contributed by atoms with Gasteiger partial charge in [0.1, 0.15) is 17.0 Å². The number of ketones is 1. The number of methoxy groups -OCH3 is 1. The zero-order valence-corrected chi connectivity index (χ0v) is 27.9. The van der Waals surface area contributed by atoms with Gasteiger partial charge in [-0.2, -0.15) is 0 Å². The minimum Gasteiger partial charge on any atom is -0.493 e. The molecule has 6 rings (SSSR count). The van der Waals surface area contributed by atoms with E-state index in [0.29, 0.717) is 30.0 Å². The van der Waals surface area contributed by atoms with Gasteiger partial charge in [0, 0.05) is 49.6 Å². The minimum atomic E-state index is -0.315. The highest BCUT2D eigenvalue weighted by atomic mass is 32.2. The summed E-state index contributed by atoms with van der Waals surface area (Å²) in [4.78, 5) is 34.7. The van der Waals surface area contributed by atoms with Gasteiger partial charge in [0.2, 0.25) is 5.43 Å². The molecular weight excluding hydrogens is 616 g/mol. The number of halogens is 2. The van der Waals surface area contributed by atoms with Gasteiger partial charge in [-0.3, -0.25) is 14.5 Å². The zero-order valence-electron chi connectivity index (χ0n) is 27.1. The quantitative estimate of drug-likeness (QED) is 0.232. The number of carbonyl (C=O) groups excluding carboxylic acids is 1. The molecule has 3 aromatic rings. The van der Waals surface area contributed by atoms with E-state index in [1.807, 2.05) is 54.6 Å². The van der Waals surface area contributed by atoms with E-state index in [4.69, 9.17) is 4.74 Å². The molecular formula is C38H41F2N3O3S.